The van der Waals surface area contributed by atoms with Crippen LogP contribution >= 0.6 is 11.6 Å². The molecule has 1 saturated heterocycles. The standard InChI is InChI=1S/C12H17ClN4O/c1-8-4-2-3-5-17(8)12(18)9-6-10(13)15-11(7-9)16-14/h6-8H,2-5,14H2,1H3,(H,15,16). The first-order valence-electron chi connectivity index (χ1n) is 6.07. The van der Waals surface area contributed by atoms with Gasteiger partial charge in [-0.15, -0.1) is 0 Å². The average Bonchev–Trinajstić information content (AvgIpc) is 2.37. The minimum atomic E-state index is -0.0111. The third-order valence-electron chi connectivity index (χ3n) is 3.25. The van der Waals surface area contributed by atoms with Crippen LogP contribution in [0.25, 0.3) is 0 Å². The fraction of sp³-hybridized carbons (Fsp3) is 0.500. The molecule has 3 N–H and O–H groups in total. The molecule has 0 spiro atoms. The number of nitrogens with zero attached hydrogens (tertiary/aromatic N) is 2. The van der Waals surface area contributed by atoms with Crippen LogP contribution < -0.4 is 11.3 Å². The fourth-order valence-corrected chi connectivity index (χ4v) is 2.47. The molecule has 6 heteroatoms. The van der Waals surface area contributed by atoms with E-state index in [0.29, 0.717) is 11.4 Å². The molecule has 5 nitrogen and oxygen atoms in total. The van der Waals surface area contributed by atoms with Crippen LogP contribution in [0.1, 0.15) is 36.5 Å². The molecule has 1 aliphatic heterocycles. The third-order valence-corrected chi connectivity index (χ3v) is 3.45. The Kier molecular flexibility index (Phi) is 4.04. The monoisotopic (exact) mass is 268 g/mol. The number of amides is 1. The number of hydrogen-bond acceptors (Lipinski definition) is 4. The smallest absolute Gasteiger partial charge is 0.254 e. The van der Waals surface area contributed by atoms with Crippen LogP contribution in [0.3, 0.4) is 0 Å². The van der Waals surface area contributed by atoms with E-state index in [1.54, 1.807) is 12.1 Å². The Labute approximate surface area is 111 Å². The van der Waals surface area contributed by atoms with Crippen molar-refractivity contribution in [1.29, 1.82) is 0 Å². The second-order valence-corrected chi connectivity index (χ2v) is 4.94. The molecule has 18 heavy (non-hydrogen) atoms. The van der Waals surface area contributed by atoms with Gasteiger partial charge in [-0.2, -0.15) is 0 Å². The van der Waals surface area contributed by atoms with Gasteiger partial charge < -0.3 is 10.3 Å². The summed E-state index contributed by atoms with van der Waals surface area (Å²) in [5, 5.41) is 0.262. The molecular formula is C12H17ClN4O. The average molecular weight is 269 g/mol. The highest BCUT2D eigenvalue weighted by atomic mass is 35.5. The Morgan fingerprint density at radius 3 is 3.00 bits per heavy atom. The van der Waals surface area contributed by atoms with Crippen molar-refractivity contribution in [2.75, 3.05) is 12.0 Å². The lowest BCUT2D eigenvalue weighted by molar-refractivity contribution is 0.0635. The molecule has 0 saturated carbocycles. The molecule has 2 rings (SSSR count). The first-order chi connectivity index (χ1) is 8.61. The summed E-state index contributed by atoms with van der Waals surface area (Å²) in [6.07, 6.45) is 3.28. The van der Waals surface area contributed by atoms with Gasteiger partial charge in [0, 0.05) is 18.2 Å². The normalized spacial score (nSPS) is 19.7. The molecule has 1 fully saturated rings. The number of piperidine rings is 1. The second kappa shape index (κ2) is 5.54. The van der Waals surface area contributed by atoms with Crippen LogP contribution in [0.2, 0.25) is 5.15 Å². The summed E-state index contributed by atoms with van der Waals surface area (Å²) >= 11 is 5.87. The molecule has 1 aliphatic rings. The van der Waals surface area contributed by atoms with Crippen LogP contribution in [-0.2, 0) is 0 Å². The van der Waals surface area contributed by atoms with E-state index in [1.807, 2.05) is 4.90 Å². The molecule has 0 radical (unpaired) electrons. The number of halogens is 1. The van der Waals surface area contributed by atoms with Crippen molar-refractivity contribution in [3.8, 4) is 0 Å². The van der Waals surface area contributed by atoms with E-state index >= 15 is 0 Å². The van der Waals surface area contributed by atoms with E-state index in [4.69, 9.17) is 17.4 Å². The second-order valence-electron chi connectivity index (χ2n) is 4.55. The van der Waals surface area contributed by atoms with Gasteiger partial charge >= 0.3 is 0 Å². The fourth-order valence-electron chi connectivity index (χ4n) is 2.26. The van der Waals surface area contributed by atoms with Crippen molar-refractivity contribution in [3.05, 3.63) is 22.8 Å². The zero-order valence-corrected chi connectivity index (χ0v) is 11.1. The van der Waals surface area contributed by atoms with E-state index in [9.17, 15) is 4.79 Å². The quantitative estimate of drug-likeness (QED) is 0.489. The Hall–Kier alpha value is -1.33. The van der Waals surface area contributed by atoms with Gasteiger partial charge in [-0.05, 0) is 38.3 Å². The largest absolute Gasteiger partial charge is 0.336 e. The highest BCUT2D eigenvalue weighted by molar-refractivity contribution is 6.29. The summed E-state index contributed by atoms with van der Waals surface area (Å²) in [6.45, 7) is 2.87. The first-order valence-corrected chi connectivity index (χ1v) is 6.45. The summed E-state index contributed by atoms with van der Waals surface area (Å²) in [4.78, 5) is 18.2. The molecule has 1 aromatic heterocycles. The van der Waals surface area contributed by atoms with Gasteiger partial charge in [0.1, 0.15) is 11.0 Å². The van der Waals surface area contributed by atoms with Gasteiger partial charge in [-0.1, -0.05) is 11.6 Å². The lowest BCUT2D eigenvalue weighted by atomic mass is 10.0. The van der Waals surface area contributed by atoms with Crippen molar-refractivity contribution in [2.24, 2.45) is 5.84 Å². The summed E-state index contributed by atoms with van der Waals surface area (Å²) in [5.41, 5.74) is 2.94. The number of carbonyl (C=O) groups is 1. The molecule has 1 unspecified atom stereocenters. The lowest BCUT2D eigenvalue weighted by Crippen LogP contribution is -2.42. The third kappa shape index (κ3) is 2.73. The Balaban J connectivity index is 2.24. The van der Waals surface area contributed by atoms with Crippen LogP contribution in [-0.4, -0.2) is 28.4 Å². The van der Waals surface area contributed by atoms with Crippen molar-refractivity contribution in [2.45, 2.75) is 32.2 Å². The number of anilines is 1. The number of pyridine rings is 1. The van der Waals surface area contributed by atoms with Gasteiger partial charge in [0.25, 0.3) is 5.91 Å². The minimum Gasteiger partial charge on any atom is -0.336 e. The van der Waals surface area contributed by atoms with Gasteiger partial charge in [0.15, 0.2) is 0 Å². The van der Waals surface area contributed by atoms with Crippen molar-refractivity contribution in [1.82, 2.24) is 9.88 Å². The van der Waals surface area contributed by atoms with Gasteiger partial charge in [-0.25, -0.2) is 10.8 Å². The number of nitrogens with one attached hydrogen (secondary N) is 1. The predicted molar refractivity (Wildman–Crippen MR) is 71.4 cm³/mol. The minimum absolute atomic E-state index is 0.0111. The van der Waals surface area contributed by atoms with Crippen molar-refractivity contribution >= 4 is 23.3 Å². The first kappa shape index (κ1) is 13.1. The maximum atomic E-state index is 12.4. The molecule has 0 bridgehead atoms. The highest BCUT2D eigenvalue weighted by Gasteiger charge is 2.24. The molecule has 1 amide bonds. The SMILES string of the molecule is CC1CCCCN1C(=O)c1cc(Cl)nc(NN)c1. The molecular weight excluding hydrogens is 252 g/mol. The number of nitrogens with two attached hydrogens (primary N) is 1. The Bertz CT molecular complexity index is 452. The van der Waals surface area contributed by atoms with E-state index in [2.05, 4.69) is 17.3 Å². The maximum Gasteiger partial charge on any atom is 0.254 e. The summed E-state index contributed by atoms with van der Waals surface area (Å²) in [5.74, 6) is 5.68. The van der Waals surface area contributed by atoms with Crippen molar-refractivity contribution in [3.63, 3.8) is 0 Å². The summed E-state index contributed by atoms with van der Waals surface area (Å²) in [7, 11) is 0. The topological polar surface area (TPSA) is 71.2 Å². The van der Waals surface area contributed by atoms with Crippen LogP contribution in [0.4, 0.5) is 5.82 Å². The van der Waals surface area contributed by atoms with E-state index in [-0.39, 0.29) is 17.1 Å². The number of hydrogen-bond donors (Lipinski definition) is 2. The molecule has 98 valence electrons. The number of hydrazine groups is 1. The van der Waals surface area contributed by atoms with Crippen LogP contribution in [0.5, 0.6) is 0 Å². The zero-order chi connectivity index (χ0) is 13.1. The molecule has 2 heterocycles. The maximum absolute atomic E-state index is 12.4. The van der Waals surface area contributed by atoms with Crippen LogP contribution in [0, 0.1) is 0 Å². The summed E-state index contributed by atoms with van der Waals surface area (Å²) in [6, 6.07) is 3.47. The number of rotatable bonds is 2. The van der Waals surface area contributed by atoms with Gasteiger partial charge in [0.2, 0.25) is 0 Å². The Morgan fingerprint density at radius 1 is 1.56 bits per heavy atom. The van der Waals surface area contributed by atoms with E-state index < -0.39 is 0 Å². The zero-order valence-electron chi connectivity index (χ0n) is 10.3. The highest BCUT2D eigenvalue weighted by Crippen LogP contribution is 2.21. The number of carbonyl (C=O) groups excluding carboxylic acids is 1. The molecule has 1 atom stereocenters. The van der Waals surface area contributed by atoms with Crippen molar-refractivity contribution < 1.29 is 4.79 Å². The van der Waals surface area contributed by atoms with Gasteiger partial charge in [-0.3, -0.25) is 4.79 Å². The van der Waals surface area contributed by atoms with E-state index in [1.165, 1.54) is 6.42 Å². The van der Waals surface area contributed by atoms with Gasteiger partial charge in [0.05, 0.1) is 0 Å². The number of likely N-dealkylation sites (tertiary alicyclic amines) is 1. The number of nitrogen functional groups attached to an aromatic ring is 1. The Morgan fingerprint density at radius 2 is 2.33 bits per heavy atom. The van der Waals surface area contributed by atoms with Crippen LogP contribution in [0.15, 0.2) is 12.1 Å². The summed E-state index contributed by atoms with van der Waals surface area (Å²) < 4.78 is 0. The van der Waals surface area contributed by atoms with E-state index in [0.717, 1.165) is 19.4 Å². The molecule has 0 aromatic carbocycles. The predicted octanol–water partition coefficient (Wildman–Crippen LogP) is 2.04. The number of aromatic nitrogens is 1. The molecule has 0 aliphatic carbocycles. The molecule has 1 aromatic rings. The lowest BCUT2D eigenvalue weighted by Gasteiger charge is -2.33.